The van der Waals surface area contributed by atoms with Crippen molar-refractivity contribution in [2.45, 2.75) is 6.04 Å². The third kappa shape index (κ3) is 1.84. The predicted molar refractivity (Wildman–Crippen MR) is 71.0 cm³/mol. The first kappa shape index (κ1) is 11.6. The van der Waals surface area contributed by atoms with E-state index in [2.05, 4.69) is 25.8 Å². The second kappa shape index (κ2) is 4.17. The van der Waals surface area contributed by atoms with Crippen molar-refractivity contribution in [2.75, 3.05) is 0 Å². The number of furan rings is 1. The maximum absolute atomic E-state index is 11.6. The molecule has 8 nitrogen and oxygen atoms in total. The van der Waals surface area contributed by atoms with E-state index in [9.17, 15) is 9.59 Å². The third-order valence-corrected chi connectivity index (χ3v) is 3.25. The normalized spacial score (nSPS) is 18.0. The second-order valence-corrected chi connectivity index (χ2v) is 4.61. The Morgan fingerprint density at radius 2 is 2.14 bits per heavy atom. The predicted octanol–water partition coefficient (Wildman–Crippen LogP) is 1.10. The molecule has 0 spiro atoms. The fourth-order valence-corrected chi connectivity index (χ4v) is 2.25. The van der Waals surface area contributed by atoms with Gasteiger partial charge in [0, 0.05) is 17.8 Å². The first-order valence-corrected chi connectivity index (χ1v) is 6.22. The van der Waals surface area contributed by atoms with Crippen molar-refractivity contribution in [3.05, 3.63) is 36.4 Å². The molecule has 3 aromatic heterocycles. The van der Waals surface area contributed by atoms with Crippen LogP contribution in [0.5, 0.6) is 0 Å². The highest BCUT2D eigenvalue weighted by atomic mass is 16.3. The maximum atomic E-state index is 11.6. The Morgan fingerprint density at radius 1 is 1.24 bits per heavy atom. The number of fused-ring (bicyclic) bond motifs is 1. The summed E-state index contributed by atoms with van der Waals surface area (Å²) in [5.41, 5.74) is 2.75. The zero-order chi connectivity index (χ0) is 14.4. The molecular formula is C13H9N5O3. The van der Waals surface area contributed by atoms with Crippen molar-refractivity contribution in [1.29, 1.82) is 0 Å². The summed E-state index contributed by atoms with van der Waals surface area (Å²) in [6.07, 6.45) is 3.40. The summed E-state index contributed by atoms with van der Waals surface area (Å²) in [6, 6.07) is 3.87. The van der Waals surface area contributed by atoms with Crippen molar-refractivity contribution in [3.63, 3.8) is 0 Å². The molecule has 8 heteroatoms. The van der Waals surface area contributed by atoms with Gasteiger partial charge in [0.15, 0.2) is 11.6 Å². The average Bonchev–Trinajstić information content (AvgIpc) is 3.16. The van der Waals surface area contributed by atoms with Gasteiger partial charge in [0.2, 0.25) is 0 Å². The molecule has 1 fully saturated rings. The van der Waals surface area contributed by atoms with E-state index in [-0.39, 0.29) is 0 Å². The number of amides is 3. The van der Waals surface area contributed by atoms with Crippen molar-refractivity contribution in [1.82, 2.24) is 25.8 Å². The number of nitrogens with one attached hydrogen (secondary N) is 3. The van der Waals surface area contributed by atoms with Gasteiger partial charge in [-0.1, -0.05) is 0 Å². The molecule has 4 rings (SSSR count). The van der Waals surface area contributed by atoms with Gasteiger partial charge >= 0.3 is 6.03 Å². The molecule has 1 aliphatic rings. The van der Waals surface area contributed by atoms with Gasteiger partial charge in [0.05, 0.1) is 11.9 Å². The number of carbonyl (C=O) groups excluding carboxylic acids is 2. The van der Waals surface area contributed by atoms with E-state index < -0.39 is 18.0 Å². The Morgan fingerprint density at radius 3 is 2.86 bits per heavy atom. The SMILES string of the molecule is O=C1NC(=O)[C@H](c2cc3nc(-c4cn[nH]c4)ccc3o2)N1. The zero-order valence-electron chi connectivity index (χ0n) is 10.6. The topological polar surface area (TPSA) is 113 Å². The molecule has 0 radical (unpaired) electrons. The van der Waals surface area contributed by atoms with Crippen LogP contribution in [0.25, 0.3) is 22.4 Å². The van der Waals surface area contributed by atoms with Crippen LogP contribution in [0.4, 0.5) is 4.79 Å². The molecule has 4 heterocycles. The molecule has 21 heavy (non-hydrogen) atoms. The molecule has 0 aliphatic carbocycles. The Labute approximate surface area is 117 Å². The number of urea groups is 1. The van der Waals surface area contributed by atoms with Crippen LogP contribution in [0.2, 0.25) is 0 Å². The molecule has 3 aromatic rings. The Balaban J connectivity index is 1.76. The third-order valence-electron chi connectivity index (χ3n) is 3.25. The molecule has 1 saturated heterocycles. The standard InChI is InChI=1S/C13H9N5O3/c19-12-11(17-13(20)18-12)10-3-8-9(21-10)2-1-7(16-8)6-4-14-15-5-6/h1-5,11H,(H,14,15)(H2,17,18,19,20)/t11-/m0/s1. The monoisotopic (exact) mass is 283 g/mol. The highest BCUT2D eigenvalue weighted by Crippen LogP contribution is 2.26. The molecule has 1 aliphatic heterocycles. The van der Waals surface area contributed by atoms with Gasteiger partial charge in [-0.15, -0.1) is 0 Å². The summed E-state index contributed by atoms with van der Waals surface area (Å²) in [5, 5.41) is 11.2. The number of H-pyrrole nitrogens is 1. The van der Waals surface area contributed by atoms with E-state index in [1.54, 1.807) is 30.6 Å². The van der Waals surface area contributed by atoms with E-state index in [4.69, 9.17) is 4.42 Å². The zero-order valence-corrected chi connectivity index (χ0v) is 10.6. The van der Waals surface area contributed by atoms with Gasteiger partial charge in [0.1, 0.15) is 11.3 Å². The number of nitrogens with zero attached hydrogens (tertiary/aromatic N) is 2. The molecule has 1 atom stereocenters. The number of imide groups is 1. The van der Waals surface area contributed by atoms with E-state index in [0.717, 1.165) is 11.3 Å². The lowest BCUT2D eigenvalue weighted by molar-refractivity contribution is -0.120. The minimum atomic E-state index is -0.816. The van der Waals surface area contributed by atoms with Gasteiger partial charge in [-0.05, 0) is 12.1 Å². The lowest BCUT2D eigenvalue weighted by Crippen LogP contribution is -2.22. The highest BCUT2D eigenvalue weighted by molar-refractivity contribution is 6.04. The first-order valence-electron chi connectivity index (χ1n) is 6.22. The molecule has 3 N–H and O–H groups in total. The Bertz CT molecular complexity index is 852. The Hall–Kier alpha value is -3.16. The van der Waals surface area contributed by atoms with Gasteiger partial charge in [-0.3, -0.25) is 15.2 Å². The van der Waals surface area contributed by atoms with E-state index in [0.29, 0.717) is 16.9 Å². The van der Waals surface area contributed by atoms with E-state index in [1.165, 1.54) is 0 Å². The van der Waals surface area contributed by atoms with Gasteiger partial charge in [-0.25, -0.2) is 9.78 Å². The van der Waals surface area contributed by atoms with Gasteiger partial charge in [0.25, 0.3) is 5.91 Å². The van der Waals surface area contributed by atoms with Crippen LogP contribution in [0, 0.1) is 0 Å². The average molecular weight is 283 g/mol. The van der Waals surface area contributed by atoms with Crippen LogP contribution in [0.1, 0.15) is 11.8 Å². The quantitative estimate of drug-likeness (QED) is 0.609. The van der Waals surface area contributed by atoms with Crippen molar-refractivity contribution in [3.8, 4) is 11.3 Å². The van der Waals surface area contributed by atoms with Crippen molar-refractivity contribution in [2.24, 2.45) is 0 Å². The van der Waals surface area contributed by atoms with Crippen LogP contribution in [-0.2, 0) is 4.79 Å². The van der Waals surface area contributed by atoms with Crippen LogP contribution in [-0.4, -0.2) is 27.1 Å². The largest absolute Gasteiger partial charge is 0.457 e. The van der Waals surface area contributed by atoms with Crippen LogP contribution in [0.3, 0.4) is 0 Å². The summed E-state index contributed by atoms with van der Waals surface area (Å²) < 4.78 is 5.58. The number of hydrogen-bond acceptors (Lipinski definition) is 5. The van der Waals surface area contributed by atoms with Crippen molar-refractivity contribution >= 4 is 23.0 Å². The van der Waals surface area contributed by atoms with Gasteiger partial charge < -0.3 is 9.73 Å². The molecule has 104 valence electrons. The van der Waals surface area contributed by atoms with E-state index in [1.807, 2.05) is 0 Å². The van der Waals surface area contributed by atoms with E-state index >= 15 is 0 Å². The lowest BCUT2D eigenvalue weighted by Gasteiger charge is -2.00. The fourth-order valence-electron chi connectivity index (χ4n) is 2.25. The number of rotatable bonds is 2. The number of pyridine rings is 1. The smallest absolute Gasteiger partial charge is 0.322 e. The summed E-state index contributed by atoms with van der Waals surface area (Å²) in [4.78, 5) is 27.2. The Kier molecular flexibility index (Phi) is 2.31. The molecule has 3 amide bonds. The lowest BCUT2D eigenvalue weighted by atomic mass is 10.2. The van der Waals surface area contributed by atoms with Crippen LogP contribution in [0.15, 0.2) is 35.0 Å². The number of hydrogen-bond donors (Lipinski definition) is 3. The molecule has 0 aromatic carbocycles. The number of aromatic amines is 1. The fraction of sp³-hybridized carbons (Fsp3) is 0.0769. The second-order valence-electron chi connectivity index (χ2n) is 4.61. The van der Waals surface area contributed by atoms with Crippen LogP contribution < -0.4 is 10.6 Å². The molecule has 0 saturated carbocycles. The molecule has 0 unspecified atom stereocenters. The molecular weight excluding hydrogens is 274 g/mol. The summed E-state index contributed by atoms with van der Waals surface area (Å²) in [7, 11) is 0. The highest BCUT2D eigenvalue weighted by Gasteiger charge is 2.33. The van der Waals surface area contributed by atoms with Crippen LogP contribution >= 0.6 is 0 Å². The summed E-state index contributed by atoms with van der Waals surface area (Å²) >= 11 is 0. The minimum Gasteiger partial charge on any atom is -0.457 e. The molecule has 0 bridgehead atoms. The van der Waals surface area contributed by atoms with Gasteiger partial charge in [-0.2, -0.15) is 5.10 Å². The number of aromatic nitrogens is 3. The first-order chi connectivity index (χ1) is 10.2. The summed E-state index contributed by atoms with van der Waals surface area (Å²) in [5.74, 6) is -0.0840. The van der Waals surface area contributed by atoms with Crippen molar-refractivity contribution < 1.29 is 14.0 Å². The maximum Gasteiger partial charge on any atom is 0.322 e. The minimum absolute atomic E-state index is 0.352. The number of carbonyl (C=O) groups is 2. The summed E-state index contributed by atoms with van der Waals surface area (Å²) in [6.45, 7) is 0.